The molecule has 0 unspecified atom stereocenters. The molecule has 0 aliphatic carbocycles. The van der Waals surface area contributed by atoms with Gasteiger partial charge in [-0.25, -0.2) is 4.79 Å². The third-order valence-electron chi connectivity index (χ3n) is 5.56. The molecule has 3 atom stereocenters. The molecule has 1 aromatic rings. The Morgan fingerprint density at radius 1 is 1.30 bits per heavy atom. The van der Waals surface area contributed by atoms with Gasteiger partial charge in [0.1, 0.15) is 28.5 Å². The number of nitrogens with one attached hydrogen (secondary N) is 1. The van der Waals surface area contributed by atoms with E-state index in [0.29, 0.717) is 41.5 Å². The second-order valence-electron chi connectivity index (χ2n) is 8.85. The van der Waals surface area contributed by atoms with Crippen molar-refractivity contribution >= 4 is 47.1 Å². The first-order chi connectivity index (χ1) is 15.7. The largest absolute Gasteiger partial charge is 0.456 e. The number of aromatic nitrogens is 1. The molecule has 4 bridgehead atoms. The summed E-state index contributed by atoms with van der Waals surface area (Å²) in [6, 6.07) is 4.79. The van der Waals surface area contributed by atoms with E-state index in [9.17, 15) is 14.4 Å². The highest BCUT2D eigenvalue weighted by Gasteiger charge is 2.41. The van der Waals surface area contributed by atoms with Crippen molar-refractivity contribution in [3.8, 4) is 0 Å². The standard InChI is InChI=1S/C24H31N3O4S2/c1-15(2)20-22(29)31-18(8-4-5-12-32)13-17(28)11-10-16-7-6-9-19(25-16)21-27-24(3,14-33-21)23(30)26-20/h4,6-9,15,18,20,32H,5,10-14H2,1-3H3,(H,26,30)/b8-4+/t18-,20+,24+/m1/s1. The summed E-state index contributed by atoms with van der Waals surface area (Å²) < 4.78 is 5.70. The second-order valence-corrected chi connectivity index (χ2v) is 10.3. The van der Waals surface area contributed by atoms with Gasteiger partial charge >= 0.3 is 5.97 Å². The molecule has 0 aromatic carbocycles. The van der Waals surface area contributed by atoms with Crippen LogP contribution in [0.15, 0.2) is 35.3 Å². The number of thioether (sulfide) groups is 1. The summed E-state index contributed by atoms with van der Waals surface area (Å²) in [5.41, 5.74) is 0.471. The Morgan fingerprint density at radius 3 is 2.82 bits per heavy atom. The van der Waals surface area contributed by atoms with Crippen LogP contribution >= 0.6 is 24.4 Å². The Balaban J connectivity index is 1.95. The van der Waals surface area contributed by atoms with E-state index in [1.165, 1.54) is 11.8 Å². The Labute approximate surface area is 204 Å². The minimum Gasteiger partial charge on any atom is -0.456 e. The monoisotopic (exact) mass is 489 g/mol. The molecule has 0 spiro atoms. The highest BCUT2D eigenvalue weighted by atomic mass is 32.2. The molecule has 0 radical (unpaired) electrons. The van der Waals surface area contributed by atoms with Crippen molar-refractivity contribution in [2.45, 2.75) is 64.1 Å². The van der Waals surface area contributed by atoms with Crippen LogP contribution in [0.1, 0.15) is 51.4 Å². The number of esters is 1. The number of hydrogen-bond donors (Lipinski definition) is 2. The number of carbonyl (C=O) groups is 3. The molecule has 0 fully saturated rings. The number of aliphatic imine (C=N–C) groups is 1. The zero-order valence-corrected chi connectivity index (χ0v) is 21.0. The van der Waals surface area contributed by atoms with Crippen LogP contribution in [0.5, 0.6) is 0 Å². The summed E-state index contributed by atoms with van der Waals surface area (Å²) in [5, 5.41) is 3.53. The Hall–Kier alpha value is -2.13. The Kier molecular flexibility index (Phi) is 8.75. The van der Waals surface area contributed by atoms with Gasteiger partial charge in [-0.1, -0.05) is 26.0 Å². The van der Waals surface area contributed by atoms with E-state index in [1.54, 1.807) is 13.0 Å². The zero-order valence-electron chi connectivity index (χ0n) is 19.2. The lowest BCUT2D eigenvalue weighted by molar-refractivity contribution is -0.153. The third kappa shape index (κ3) is 6.69. The number of rotatable bonds is 4. The predicted molar refractivity (Wildman–Crippen MR) is 134 cm³/mol. The van der Waals surface area contributed by atoms with E-state index in [4.69, 9.17) is 4.74 Å². The molecular weight excluding hydrogens is 458 g/mol. The van der Waals surface area contributed by atoms with Gasteiger partial charge in [0.05, 0.1) is 5.69 Å². The molecule has 7 nitrogen and oxygen atoms in total. The smallest absolute Gasteiger partial charge is 0.329 e. The van der Waals surface area contributed by atoms with Gasteiger partial charge in [-0.2, -0.15) is 12.6 Å². The van der Waals surface area contributed by atoms with Crippen molar-refractivity contribution in [1.82, 2.24) is 10.3 Å². The number of hydrogen-bond acceptors (Lipinski definition) is 8. The van der Waals surface area contributed by atoms with Crippen LogP contribution in [0.3, 0.4) is 0 Å². The molecule has 3 heterocycles. The van der Waals surface area contributed by atoms with E-state index < -0.39 is 23.7 Å². The van der Waals surface area contributed by atoms with Crippen LogP contribution in [0.4, 0.5) is 0 Å². The number of amides is 1. The maximum Gasteiger partial charge on any atom is 0.329 e. The van der Waals surface area contributed by atoms with Crippen LogP contribution in [-0.2, 0) is 25.5 Å². The van der Waals surface area contributed by atoms with Gasteiger partial charge < -0.3 is 10.1 Å². The zero-order chi connectivity index (χ0) is 24.0. The maximum atomic E-state index is 13.2. The molecule has 0 saturated carbocycles. The number of aryl methyl sites for hydroxylation is 1. The third-order valence-corrected chi connectivity index (χ3v) is 7.10. The van der Waals surface area contributed by atoms with Crippen LogP contribution in [0, 0.1) is 5.92 Å². The minimum absolute atomic E-state index is 0.0205. The highest BCUT2D eigenvalue weighted by Crippen LogP contribution is 2.31. The molecule has 2 aliphatic rings. The predicted octanol–water partition coefficient (Wildman–Crippen LogP) is 3.17. The van der Waals surface area contributed by atoms with E-state index in [2.05, 4.69) is 27.9 Å². The van der Waals surface area contributed by atoms with Gasteiger partial charge in [-0.3, -0.25) is 19.6 Å². The van der Waals surface area contributed by atoms with Crippen LogP contribution in [-0.4, -0.2) is 56.9 Å². The van der Waals surface area contributed by atoms with Gasteiger partial charge in [0.25, 0.3) is 0 Å². The average molecular weight is 490 g/mol. The van der Waals surface area contributed by atoms with Crippen LogP contribution < -0.4 is 5.32 Å². The molecule has 2 aliphatic heterocycles. The van der Waals surface area contributed by atoms with E-state index >= 15 is 0 Å². The summed E-state index contributed by atoms with van der Waals surface area (Å²) in [7, 11) is 0. The molecule has 0 saturated heterocycles. The molecule has 1 aromatic heterocycles. The number of carbonyl (C=O) groups excluding carboxylic acids is 3. The number of pyridine rings is 1. The highest BCUT2D eigenvalue weighted by molar-refractivity contribution is 8.14. The van der Waals surface area contributed by atoms with Crippen molar-refractivity contribution in [3.63, 3.8) is 0 Å². The molecule has 1 amide bonds. The second kappa shape index (κ2) is 11.3. The number of allylic oxidation sites excluding steroid dienone is 1. The lowest BCUT2D eigenvalue weighted by atomic mass is 10.00. The van der Waals surface area contributed by atoms with Crippen molar-refractivity contribution in [2.24, 2.45) is 10.9 Å². The van der Waals surface area contributed by atoms with Gasteiger partial charge in [-0.05, 0) is 49.6 Å². The van der Waals surface area contributed by atoms with Crippen LogP contribution in [0.25, 0.3) is 0 Å². The van der Waals surface area contributed by atoms with Gasteiger partial charge in [0, 0.05) is 24.3 Å². The number of ketones is 1. The average Bonchev–Trinajstić information content (AvgIpc) is 3.19. The number of fused-ring (bicyclic) bond motifs is 4. The fourth-order valence-electron chi connectivity index (χ4n) is 3.57. The quantitative estimate of drug-likeness (QED) is 0.383. The summed E-state index contributed by atoms with van der Waals surface area (Å²) in [6.07, 6.45) is 4.45. The summed E-state index contributed by atoms with van der Waals surface area (Å²) in [6.45, 7) is 5.45. The Bertz CT molecular complexity index is 963. The molecular formula is C24H31N3O4S2. The maximum absolute atomic E-state index is 13.2. The SMILES string of the molecule is CC(C)[C@@H]1NC(=O)[C@]2(C)CSC(=N2)c2cccc(n2)CCC(=O)C[C@@H](/C=C/CCS)OC1=O. The van der Waals surface area contributed by atoms with Gasteiger partial charge in [0.15, 0.2) is 0 Å². The van der Waals surface area contributed by atoms with E-state index in [0.717, 1.165) is 5.69 Å². The Morgan fingerprint density at radius 2 is 2.09 bits per heavy atom. The van der Waals surface area contributed by atoms with Crippen LogP contribution in [0.2, 0.25) is 0 Å². The van der Waals surface area contributed by atoms with Crippen molar-refractivity contribution < 1.29 is 19.1 Å². The van der Waals surface area contributed by atoms with E-state index in [1.807, 2.05) is 38.1 Å². The summed E-state index contributed by atoms with van der Waals surface area (Å²) >= 11 is 5.66. The van der Waals surface area contributed by atoms with Gasteiger partial charge in [-0.15, -0.1) is 11.8 Å². The van der Waals surface area contributed by atoms with Crippen molar-refractivity contribution in [2.75, 3.05) is 11.5 Å². The minimum atomic E-state index is -1.01. The number of ether oxygens (including phenoxy) is 1. The normalized spacial score (nSPS) is 26.9. The topological polar surface area (TPSA) is 97.7 Å². The van der Waals surface area contributed by atoms with Crippen molar-refractivity contribution in [3.05, 3.63) is 41.7 Å². The molecule has 33 heavy (non-hydrogen) atoms. The van der Waals surface area contributed by atoms with E-state index in [-0.39, 0.29) is 24.0 Å². The fourth-order valence-corrected chi connectivity index (χ4v) is 4.86. The number of nitrogens with zero attached hydrogens (tertiary/aromatic N) is 2. The molecule has 3 rings (SSSR count). The summed E-state index contributed by atoms with van der Waals surface area (Å²) in [4.78, 5) is 48.2. The lowest BCUT2D eigenvalue weighted by Crippen LogP contribution is -2.53. The lowest BCUT2D eigenvalue weighted by Gasteiger charge is -2.27. The number of cyclic esters (lactones) is 1. The first-order valence-electron chi connectivity index (χ1n) is 11.2. The number of thiol groups is 1. The molecule has 178 valence electrons. The summed E-state index contributed by atoms with van der Waals surface area (Å²) in [5.74, 6) is 0.00134. The number of Topliss-reactive ketones (excluding diaryl/α,β-unsaturated/α-hetero) is 1. The molecule has 9 heteroatoms. The molecule has 1 N–H and O–H groups in total. The first-order valence-corrected chi connectivity index (χ1v) is 12.8. The van der Waals surface area contributed by atoms with Gasteiger partial charge in [0.2, 0.25) is 5.91 Å². The first kappa shape index (κ1) is 25.5. The van der Waals surface area contributed by atoms with Crippen molar-refractivity contribution in [1.29, 1.82) is 0 Å². The fraction of sp³-hybridized carbons (Fsp3) is 0.542.